The molecule has 3 heteroatoms. The summed E-state index contributed by atoms with van der Waals surface area (Å²) < 4.78 is 18.7. The van der Waals surface area contributed by atoms with Gasteiger partial charge in [-0.2, -0.15) is 0 Å². The lowest BCUT2D eigenvalue weighted by molar-refractivity contribution is 0.286. The van der Waals surface area contributed by atoms with Gasteiger partial charge in [0.05, 0.1) is 6.61 Å². The van der Waals surface area contributed by atoms with E-state index in [-0.39, 0.29) is 5.82 Å². The zero-order valence-corrected chi connectivity index (χ0v) is 10.2. The van der Waals surface area contributed by atoms with Crippen LogP contribution in [-0.2, 0) is 0 Å². The molecule has 2 nitrogen and oxygen atoms in total. The maximum absolute atomic E-state index is 13.3. The lowest BCUT2D eigenvalue weighted by atomic mass is 10.2. The fourth-order valence-electron chi connectivity index (χ4n) is 1.44. The normalized spacial score (nSPS) is 12.5. The third-order valence-corrected chi connectivity index (χ3v) is 2.62. The van der Waals surface area contributed by atoms with Crippen LogP contribution in [0.3, 0.4) is 0 Å². The third-order valence-electron chi connectivity index (χ3n) is 2.62. The molecule has 0 bridgehead atoms. The number of hydrogen-bond acceptors (Lipinski definition) is 2. The largest absolute Gasteiger partial charge is 0.491 e. The van der Waals surface area contributed by atoms with Crippen LogP contribution in [0.4, 0.5) is 4.39 Å². The average Bonchev–Trinajstić information content (AvgIpc) is 2.28. The maximum atomic E-state index is 13.3. The number of aryl methyl sites for hydroxylation is 1. The van der Waals surface area contributed by atoms with Crippen LogP contribution in [0, 0.1) is 12.7 Å². The van der Waals surface area contributed by atoms with Crippen LogP contribution in [0.5, 0.6) is 5.75 Å². The minimum absolute atomic E-state index is 0.285. The molecule has 0 heterocycles. The highest BCUT2D eigenvalue weighted by atomic mass is 19.1. The van der Waals surface area contributed by atoms with E-state index in [0.717, 1.165) is 18.4 Å². The molecule has 0 aromatic heterocycles. The summed E-state index contributed by atoms with van der Waals surface area (Å²) in [5.41, 5.74) is 1.01. The number of rotatable bonds is 6. The van der Waals surface area contributed by atoms with E-state index in [2.05, 4.69) is 12.2 Å². The Balaban J connectivity index is 2.34. The van der Waals surface area contributed by atoms with Gasteiger partial charge in [0.15, 0.2) is 11.6 Å². The molecule has 0 aliphatic carbocycles. The van der Waals surface area contributed by atoms with E-state index in [1.54, 1.807) is 12.1 Å². The molecule has 1 unspecified atom stereocenters. The van der Waals surface area contributed by atoms with E-state index in [9.17, 15) is 4.39 Å². The van der Waals surface area contributed by atoms with E-state index in [1.807, 2.05) is 14.0 Å². The summed E-state index contributed by atoms with van der Waals surface area (Å²) >= 11 is 0. The lowest BCUT2D eigenvalue weighted by Crippen LogP contribution is -2.21. The molecule has 16 heavy (non-hydrogen) atoms. The Kier molecular flexibility index (Phi) is 5.26. The molecule has 0 radical (unpaired) electrons. The van der Waals surface area contributed by atoms with Crippen molar-refractivity contribution in [1.82, 2.24) is 5.32 Å². The molecule has 1 N–H and O–H groups in total. The van der Waals surface area contributed by atoms with Gasteiger partial charge in [-0.1, -0.05) is 6.07 Å². The monoisotopic (exact) mass is 225 g/mol. The van der Waals surface area contributed by atoms with Crippen molar-refractivity contribution in [2.24, 2.45) is 0 Å². The Bertz CT molecular complexity index is 328. The van der Waals surface area contributed by atoms with Gasteiger partial charge in [0.1, 0.15) is 0 Å². The van der Waals surface area contributed by atoms with E-state index >= 15 is 0 Å². The van der Waals surface area contributed by atoms with Gasteiger partial charge in [-0.25, -0.2) is 4.39 Å². The van der Waals surface area contributed by atoms with Crippen molar-refractivity contribution < 1.29 is 9.13 Å². The Morgan fingerprint density at radius 2 is 2.19 bits per heavy atom. The fraction of sp³-hybridized carbons (Fsp3) is 0.538. The van der Waals surface area contributed by atoms with Gasteiger partial charge in [0.25, 0.3) is 0 Å². The number of halogens is 1. The number of hydrogen-bond donors (Lipinski definition) is 1. The Morgan fingerprint density at radius 1 is 1.44 bits per heavy atom. The van der Waals surface area contributed by atoms with Crippen molar-refractivity contribution in [1.29, 1.82) is 0 Å². The van der Waals surface area contributed by atoms with E-state index in [0.29, 0.717) is 18.4 Å². The van der Waals surface area contributed by atoms with Gasteiger partial charge in [-0.05, 0) is 51.4 Å². The van der Waals surface area contributed by atoms with E-state index in [1.165, 1.54) is 6.07 Å². The zero-order valence-electron chi connectivity index (χ0n) is 10.2. The van der Waals surface area contributed by atoms with Crippen LogP contribution in [0.25, 0.3) is 0 Å². The second kappa shape index (κ2) is 6.48. The van der Waals surface area contributed by atoms with Gasteiger partial charge in [0.2, 0.25) is 0 Å². The maximum Gasteiger partial charge on any atom is 0.165 e. The highest BCUT2D eigenvalue weighted by molar-refractivity contribution is 5.29. The smallest absolute Gasteiger partial charge is 0.165 e. The highest BCUT2D eigenvalue weighted by Gasteiger charge is 2.03. The third kappa shape index (κ3) is 4.19. The molecule has 90 valence electrons. The van der Waals surface area contributed by atoms with Crippen LogP contribution in [0.15, 0.2) is 18.2 Å². The summed E-state index contributed by atoms with van der Waals surface area (Å²) in [5.74, 6) is 0.0735. The molecule has 1 aromatic rings. The van der Waals surface area contributed by atoms with E-state index in [4.69, 9.17) is 4.74 Å². The van der Waals surface area contributed by atoms with Crippen LogP contribution >= 0.6 is 0 Å². The Hall–Kier alpha value is -1.09. The van der Waals surface area contributed by atoms with Crippen LogP contribution in [-0.4, -0.2) is 19.7 Å². The van der Waals surface area contributed by atoms with Crippen molar-refractivity contribution in [2.45, 2.75) is 32.7 Å². The Morgan fingerprint density at radius 3 is 2.88 bits per heavy atom. The molecule has 0 saturated carbocycles. The minimum atomic E-state index is -0.285. The van der Waals surface area contributed by atoms with Crippen molar-refractivity contribution in [3.05, 3.63) is 29.6 Å². The molecule has 0 aliphatic rings. The molecular weight excluding hydrogens is 205 g/mol. The standard InChI is InChI=1S/C13H20FNO/c1-10-6-7-12(14)13(9-10)16-8-4-5-11(2)15-3/h6-7,9,11,15H,4-5,8H2,1-3H3. The van der Waals surface area contributed by atoms with Crippen molar-refractivity contribution in [3.63, 3.8) is 0 Å². The summed E-state index contributed by atoms with van der Waals surface area (Å²) in [5, 5.41) is 3.15. The first-order chi connectivity index (χ1) is 7.63. The first-order valence-electron chi connectivity index (χ1n) is 5.69. The molecule has 0 fully saturated rings. The summed E-state index contributed by atoms with van der Waals surface area (Å²) in [7, 11) is 1.94. The number of ether oxygens (including phenoxy) is 1. The van der Waals surface area contributed by atoms with Crippen molar-refractivity contribution >= 4 is 0 Å². The molecule has 1 aromatic carbocycles. The summed E-state index contributed by atoms with van der Waals surface area (Å²) in [6.45, 7) is 4.61. The second-order valence-electron chi connectivity index (χ2n) is 4.11. The topological polar surface area (TPSA) is 21.3 Å². The van der Waals surface area contributed by atoms with Gasteiger partial charge in [0, 0.05) is 6.04 Å². The van der Waals surface area contributed by atoms with Gasteiger partial charge in [-0.3, -0.25) is 0 Å². The number of benzene rings is 1. The van der Waals surface area contributed by atoms with Gasteiger partial charge in [-0.15, -0.1) is 0 Å². The van der Waals surface area contributed by atoms with Crippen LogP contribution in [0.2, 0.25) is 0 Å². The average molecular weight is 225 g/mol. The molecule has 0 amide bonds. The molecule has 0 saturated heterocycles. The summed E-state index contributed by atoms with van der Waals surface area (Å²) in [6.07, 6.45) is 1.96. The SMILES string of the molecule is CNC(C)CCCOc1cc(C)ccc1F. The molecule has 0 aliphatic heterocycles. The fourth-order valence-corrected chi connectivity index (χ4v) is 1.44. The molecule has 1 rings (SSSR count). The van der Waals surface area contributed by atoms with Gasteiger partial charge >= 0.3 is 0 Å². The second-order valence-corrected chi connectivity index (χ2v) is 4.11. The summed E-state index contributed by atoms with van der Waals surface area (Å²) in [4.78, 5) is 0. The quantitative estimate of drug-likeness (QED) is 0.752. The predicted octanol–water partition coefficient (Wildman–Crippen LogP) is 2.90. The summed E-state index contributed by atoms with van der Waals surface area (Å²) in [6, 6.07) is 5.40. The van der Waals surface area contributed by atoms with Crippen molar-refractivity contribution in [3.8, 4) is 5.75 Å². The van der Waals surface area contributed by atoms with Crippen LogP contribution in [0.1, 0.15) is 25.3 Å². The molecular formula is C13H20FNO. The highest BCUT2D eigenvalue weighted by Crippen LogP contribution is 2.18. The van der Waals surface area contributed by atoms with Gasteiger partial charge < -0.3 is 10.1 Å². The molecule has 1 atom stereocenters. The number of nitrogens with one attached hydrogen (secondary N) is 1. The minimum Gasteiger partial charge on any atom is -0.491 e. The Labute approximate surface area is 96.8 Å². The zero-order chi connectivity index (χ0) is 12.0. The predicted molar refractivity (Wildman–Crippen MR) is 64.4 cm³/mol. The lowest BCUT2D eigenvalue weighted by Gasteiger charge is -2.11. The van der Waals surface area contributed by atoms with E-state index < -0.39 is 0 Å². The van der Waals surface area contributed by atoms with Crippen LogP contribution < -0.4 is 10.1 Å². The first kappa shape index (κ1) is 13.0. The molecule has 0 spiro atoms. The first-order valence-corrected chi connectivity index (χ1v) is 5.69. The van der Waals surface area contributed by atoms with Crippen molar-refractivity contribution in [2.75, 3.05) is 13.7 Å².